The molecule has 6 aliphatic rings. The molecule has 2 saturated heterocycles. The molecule has 0 aromatic heterocycles. The SMILES string of the molecule is COC1C(OC2C(OCC(C=CC(C)C3C(O)C(O)C4C3(C)CCC3C5(C)CCC(O)C(O)C5C(O)CC34O)C(C)C)OC(C(O)CO)C2O)OCC(O)C1O. The number of rotatable bonds is 12. The predicted octanol–water partition coefficient (Wildman–Crippen LogP) is -1.60. The van der Waals surface area contributed by atoms with Crippen LogP contribution in [0.4, 0.5) is 0 Å². The van der Waals surface area contributed by atoms with Gasteiger partial charge in [0.1, 0.15) is 42.7 Å². The van der Waals surface area contributed by atoms with Gasteiger partial charge in [-0.3, -0.25) is 0 Å². The molecule has 6 rings (SSSR count). The summed E-state index contributed by atoms with van der Waals surface area (Å²) in [7, 11) is 1.31. The first kappa shape index (κ1) is 44.6. The Morgan fingerprint density at radius 3 is 2.11 bits per heavy atom. The number of fused-ring (bicyclic) bond motifs is 5. The summed E-state index contributed by atoms with van der Waals surface area (Å²) < 4.78 is 29.0. The second-order valence-corrected chi connectivity index (χ2v) is 18.7. The molecule has 6 fully saturated rings. The van der Waals surface area contributed by atoms with E-state index in [4.69, 9.17) is 23.7 Å². The summed E-state index contributed by atoms with van der Waals surface area (Å²) in [6, 6.07) is 0. The fourth-order valence-corrected chi connectivity index (χ4v) is 12.3. The van der Waals surface area contributed by atoms with Gasteiger partial charge in [-0.15, -0.1) is 0 Å². The lowest BCUT2D eigenvalue weighted by molar-refractivity contribution is -0.308. The quantitative estimate of drug-likeness (QED) is 0.0993. The van der Waals surface area contributed by atoms with Gasteiger partial charge in [0.2, 0.25) is 0 Å². The van der Waals surface area contributed by atoms with Gasteiger partial charge in [-0.05, 0) is 60.2 Å². The molecule has 4 aliphatic carbocycles. The van der Waals surface area contributed by atoms with Gasteiger partial charge in [0.05, 0.1) is 55.9 Å². The third-order valence-electron chi connectivity index (χ3n) is 15.2. The van der Waals surface area contributed by atoms with Gasteiger partial charge >= 0.3 is 0 Å². The fourth-order valence-electron chi connectivity index (χ4n) is 12.3. The first-order chi connectivity index (χ1) is 26.3. The predicted molar refractivity (Wildman–Crippen MR) is 196 cm³/mol. The minimum absolute atomic E-state index is 0.0273. The lowest BCUT2D eigenvalue weighted by Crippen LogP contribution is -2.71. The van der Waals surface area contributed by atoms with E-state index in [2.05, 4.69) is 0 Å². The zero-order chi connectivity index (χ0) is 41.2. The van der Waals surface area contributed by atoms with Crippen molar-refractivity contribution in [1.82, 2.24) is 0 Å². The van der Waals surface area contributed by atoms with Crippen LogP contribution in [0.3, 0.4) is 0 Å². The summed E-state index contributed by atoms with van der Waals surface area (Å²) >= 11 is 0. The largest absolute Gasteiger partial charge is 0.394 e. The minimum atomic E-state index is -1.51. The standard InChI is InChI=1S/C40H68O16/c1-17(2)19(15-53-37-34(31(50)32(55-37)22(44)14-41)56-36-33(52-6)28(47)23(45)16-54-36)8-7-18(3)25-29(48)30(49)35-39(25,5)12-10-24-38(4)11-9-20(42)27(46)26(38)21(43)13-40(24,35)51/h7-8,17-37,41-51H,9-16H2,1-6H3. The highest BCUT2D eigenvalue weighted by molar-refractivity contribution is 5.23. The Bertz CT molecular complexity index is 1350. The van der Waals surface area contributed by atoms with E-state index in [-0.39, 0.29) is 43.3 Å². The molecule has 11 N–H and O–H groups in total. The van der Waals surface area contributed by atoms with E-state index >= 15 is 0 Å². The zero-order valence-electron chi connectivity index (χ0n) is 33.4. The van der Waals surface area contributed by atoms with Gasteiger partial charge in [0.25, 0.3) is 0 Å². The Balaban J connectivity index is 1.17. The van der Waals surface area contributed by atoms with E-state index in [0.717, 1.165) is 0 Å². The molecule has 4 saturated carbocycles. The summed E-state index contributed by atoms with van der Waals surface area (Å²) in [5, 5.41) is 121. The maximum atomic E-state index is 12.7. The molecule has 2 heterocycles. The monoisotopic (exact) mass is 804 g/mol. The van der Waals surface area contributed by atoms with E-state index in [1.165, 1.54) is 7.11 Å². The Labute approximate surface area is 329 Å². The first-order valence-corrected chi connectivity index (χ1v) is 20.5. The van der Waals surface area contributed by atoms with E-state index in [1.807, 2.05) is 46.8 Å². The molecule has 0 aromatic rings. The highest BCUT2D eigenvalue weighted by atomic mass is 16.8. The Morgan fingerprint density at radius 2 is 1.46 bits per heavy atom. The van der Waals surface area contributed by atoms with Crippen molar-refractivity contribution in [3.63, 3.8) is 0 Å². The van der Waals surface area contributed by atoms with Crippen molar-refractivity contribution >= 4 is 0 Å². The van der Waals surface area contributed by atoms with Crippen molar-refractivity contribution in [2.24, 2.45) is 52.3 Å². The summed E-state index contributed by atoms with van der Waals surface area (Å²) in [6.07, 6.45) is -11.3. The van der Waals surface area contributed by atoms with Crippen molar-refractivity contribution in [3.05, 3.63) is 12.2 Å². The molecule has 23 atom stereocenters. The summed E-state index contributed by atoms with van der Waals surface area (Å²) in [6.45, 7) is 9.05. The topological polar surface area (TPSA) is 269 Å². The normalized spacial score (nSPS) is 52.4. The molecule has 16 nitrogen and oxygen atoms in total. The fraction of sp³-hybridized carbons (Fsp3) is 0.950. The van der Waals surface area contributed by atoms with Gasteiger partial charge < -0.3 is 79.9 Å². The van der Waals surface area contributed by atoms with Crippen LogP contribution in [0.1, 0.15) is 66.7 Å². The summed E-state index contributed by atoms with van der Waals surface area (Å²) in [4.78, 5) is 0. The van der Waals surface area contributed by atoms with Crippen LogP contribution in [0, 0.1) is 52.3 Å². The van der Waals surface area contributed by atoms with Crippen LogP contribution < -0.4 is 0 Å². The Kier molecular flexibility index (Phi) is 13.4. The molecule has 0 bridgehead atoms. The maximum Gasteiger partial charge on any atom is 0.187 e. The van der Waals surface area contributed by atoms with E-state index in [9.17, 15) is 56.2 Å². The average molecular weight is 805 g/mol. The van der Waals surface area contributed by atoms with Crippen molar-refractivity contribution < 1.29 is 79.9 Å². The number of aliphatic hydroxyl groups excluding tert-OH is 10. The molecule has 2 aliphatic heterocycles. The van der Waals surface area contributed by atoms with Crippen LogP contribution in [-0.2, 0) is 23.7 Å². The maximum absolute atomic E-state index is 12.7. The molecular weight excluding hydrogens is 736 g/mol. The smallest absolute Gasteiger partial charge is 0.187 e. The van der Waals surface area contributed by atoms with Gasteiger partial charge in [-0.1, -0.05) is 46.8 Å². The van der Waals surface area contributed by atoms with Crippen LogP contribution in [0.2, 0.25) is 0 Å². The molecule has 23 unspecified atom stereocenters. The average Bonchev–Trinajstić information content (AvgIpc) is 3.55. The highest BCUT2D eigenvalue weighted by Crippen LogP contribution is 2.69. The second-order valence-electron chi connectivity index (χ2n) is 18.7. The minimum Gasteiger partial charge on any atom is -0.394 e. The number of allylic oxidation sites excluding steroid dienone is 1. The van der Waals surface area contributed by atoms with Crippen LogP contribution >= 0.6 is 0 Å². The highest BCUT2D eigenvalue weighted by Gasteiger charge is 2.73. The number of hydrogen-bond acceptors (Lipinski definition) is 16. The number of methoxy groups -OCH3 is 1. The number of ether oxygens (including phenoxy) is 5. The van der Waals surface area contributed by atoms with Crippen LogP contribution in [0.5, 0.6) is 0 Å². The van der Waals surface area contributed by atoms with E-state index in [1.54, 1.807) is 0 Å². The van der Waals surface area contributed by atoms with Crippen molar-refractivity contribution in [2.75, 3.05) is 26.9 Å². The van der Waals surface area contributed by atoms with Gasteiger partial charge in [-0.25, -0.2) is 0 Å². The number of hydrogen-bond donors (Lipinski definition) is 11. The Hall–Kier alpha value is -0.900. The van der Waals surface area contributed by atoms with Crippen molar-refractivity contribution in [3.8, 4) is 0 Å². The molecular formula is C40H68O16. The molecule has 56 heavy (non-hydrogen) atoms. The van der Waals surface area contributed by atoms with Crippen LogP contribution in [-0.4, -0.2) is 175 Å². The van der Waals surface area contributed by atoms with Crippen molar-refractivity contribution in [2.45, 2.75) is 158 Å². The number of aliphatic hydroxyl groups is 11. The Morgan fingerprint density at radius 1 is 0.786 bits per heavy atom. The molecule has 0 spiro atoms. The summed E-state index contributed by atoms with van der Waals surface area (Å²) in [5.74, 6) is -2.66. The third kappa shape index (κ3) is 7.45. The molecule has 0 amide bonds. The zero-order valence-corrected chi connectivity index (χ0v) is 33.4. The second kappa shape index (κ2) is 16.9. The van der Waals surface area contributed by atoms with Gasteiger partial charge in [-0.2, -0.15) is 0 Å². The summed E-state index contributed by atoms with van der Waals surface area (Å²) in [5.41, 5.74) is -2.90. The van der Waals surface area contributed by atoms with E-state index in [0.29, 0.717) is 25.7 Å². The first-order valence-electron chi connectivity index (χ1n) is 20.5. The molecule has 324 valence electrons. The van der Waals surface area contributed by atoms with Crippen molar-refractivity contribution in [1.29, 1.82) is 0 Å². The molecule has 0 radical (unpaired) electrons. The molecule has 16 heteroatoms. The lowest BCUT2D eigenvalue weighted by atomic mass is 9.41. The van der Waals surface area contributed by atoms with Crippen LogP contribution in [0.25, 0.3) is 0 Å². The van der Waals surface area contributed by atoms with E-state index < -0.39 is 127 Å². The van der Waals surface area contributed by atoms with Gasteiger partial charge in [0.15, 0.2) is 12.6 Å². The molecule has 0 aromatic carbocycles. The third-order valence-corrected chi connectivity index (χ3v) is 15.2. The lowest BCUT2D eigenvalue weighted by Gasteiger charge is -2.66. The van der Waals surface area contributed by atoms with Crippen LogP contribution in [0.15, 0.2) is 12.2 Å². The van der Waals surface area contributed by atoms with Gasteiger partial charge in [0, 0.05) is 31.3 Å².